The monoisotopic (exact) mass is 483 g/mol. The molecule has 2 amide bonds. The average Bonchev–Trinajstić information content (AvgIpc) is 3.19. The van der Waals surface area contributed by atoms with E-state index in [1.54, 1.807) is 18.1 Å². The number of nitrogens with one attached hydrogen (secondary N) is 2. The molecule has 4 atom stereocenters. The molecule has 0 aromatic heterocycles. The minimum atomic E-state index is -0.542. The number of hydrogen-bond donors (Lipinski definition) is 3. The number of fused-ring (bicyclic) bond motifs is 3. The number of amides is 2. The maximum atomic E-state index is 12.7. The second-order valence-corrected chi connectivity index (χ2v) is 9.24. The van der Waals surface area contributed by atoms with Crippen molar-refractivity contribution >= 4 is 17.5 Å². The number of methoxy groups -OCH3 is 1. The Kier molecular flexibility index (Phi) is 7.90. The van der Waals surface area contributed by atoms with E-state index in [9.17, 15) is 14.7 Å². The SMILES string of the molecule is COc1ccccc1CNC(=O)C[C@@H]1C[C@@H]2c3cc(NC(=O)CN(C)C)ccc3O[C@@H]2[C@@H](CO)O1. The lowest BCUT2D eigenvalue weighted by Crippen LogP contribution is -2.47. The number of carbonyl (C=O) groups excluding carboxylic acids is 2. The highest BCUT2D eigenvalue weighted by atomic mass is 16.6. The molecule has 9 nitrogen and oxygen atoms in total. The molecule has 2 aliphatic rings. The van der Waals surface area contributed by atoms with Crippen molar-refractivity contribution in [2.24, 2.45) is 0 Å². The summed E-state index contributed by atoms with van der Waals surface area (Å²) in [5, 5.41) is 15.8. The number of carbonyl (C=O) groups is 2. The summed E-state index contributed by atoms with van der Waals surface area (Å²) < 4.78 is 17.5. The molecule has 0 spiro atoms. The predicted molar refractivity (Wildman–Crippen MR) is 131 cm³/mol. The summed E-state index contributed by atoms with van der Waals surface area (Å²) in [6.45, 7) is 0.431. The molecule has 1 saturated heterocycles. The number of hydrogen-bond acceptors (Lipinski definition) is 7. The van der Waals surface area contributed by atoms with Gasteiger partial charge in [0.2, 0.25) is 11.8 Å². The summed E-state index contributed by atoms with van der Waals surface area (Å²) >= 11 is 0. The summed E-state index contributed by atoms with van der Waals surface area (Å²) in [5.74, 6) is 1.15. The molecule has 2 aliphatic heterocycles. The summed E-state index contributed by atoms with van der Waals surface area (Å²) in [5.41, 5.74) is 2.54. The quantitative estimate of drug-likeness (QED) is 0.500. The van der Waals surface area contributed by atoms with E-state index in [-0.39, 0.29) is 49.5 Å². The van der Waals surface area contributed by atoms with Crippen LogP contribution in [0.5, 0.6) is 11.5 Å². The Bertz CT molecular complexity index is 1060. The van der Waals surface area contributed by atoms with Gasteiger partial charge in [-0.05, 0) is 44.8 Å². The second kappa shape index (κ2) is 11.1. The molecule has 0 saturated carbocycles. The molecule has 0 radical (unpaired) electrons. The van der Waals surface area contributed by atoms with Crippen molar-refractivity contribution in [1.82, 2.24) is 10.2 Å². The van der Waals surface area contributed by atoms with Crippen molar-refractivity contribution in [3.8, 4) is 11.5 Å². The van der Waals surface area contributed by atoms with Crippen molar-refractivity contribution in [2.45, 2.75) is 43.6 Å². The minimum Gasteiger partial charge on any atom is -0.496 e. The Morgan fingerprint density at radius 3 is 2.71 bits per heavy atom. The van der Waals surface area contributed by atoms with E-state index in [0.29, 0.717) is 24.4 Å². The van der Waals surface area contributed by atoms with E-state index in [4.69, 9.17) is 14.2 Å². The number of ether oxygens (including phenoxy) is 3. The van der Waals surface area contributed by atoms with Crippen molar-refractivity contribution in [2.75, 3.05) is 39.7 Å². The number of likely N-dealkylation sites (N-methyl/N-ethyl adjacent to an activating group) is 1. The highest BCUT2D eigenvalue weighted by molar-refractivity contribution is 5.92. The van der Waals surface area contributed by atoms with Crippen molar-refractivity contribution in [3.05, 3.63) is 53.6 Å². The van der Waals surface area contributed by atoms with Crippen LogP contribution < -0.4 is 20.1 Å². The summed E-state index contributed by atoms with van der Waals surface area (Å²) in [4.78, 5) is 26.7. The molecule has 2 heterocycles. The van der Waals surface area contributed by atoms with E-state index < -0.39 is 6.10 Å². The van der Waals surface area contributed by atoms with Crippen LogP contribution >= 0.6 is 0 Å². The number of anilines is 1. The molecule has 4 rings (SSSR count). The number of aliphatic hydroxyl groups excluding tert-OH is 1. The highest BCUT2D eigenvalue weighted by Crippen LogP contribution is 2.47. The lowest BCUT2D eigenvalue weighted by molar-refractivity contribution is -0.142. The molecule has 0 aliphatic carbocycles. The van der Waals surface area contributed by atoms with Gasteiger partial charge in [0.15, 0.2) is 0 Å². The predicted octanol–water partition coefficient (Wildman–Crippen LogP) is 1.90. The fourth-order valence-electron chi connectivity index (χ4n) is 4.78. The third-order valence-electron chi connectivity index (χ3n) is 6.32. The Morgan fingerprint density at radius 1 is 1.17 bits per heavy atom. The molecule has 1 fully saturated rings. The summed E-state index contributed by atoms with van der Waals surface area (Å²) in [6.07, 6.45) is -0.502. The maximum absolute atomic E-state index is 12.7. The van der Waals surface area contributed by atoms with Gasteiger partial charge in [0.1, 0.15) is 23.7 Å². The van der Waals surface area contributed by atoms with E-state index in [1.165, 1.54) is 0 Å². The fraction of sp³-hybridized carbons (Fsp3) is 0.462. The molecule has 2 aromatic carbocycles. The normalized spacial score (nSPS) is 22.7. The van der Waals surface area contributed by atoms with E-state index in [1.807, 2.05) is 50.5 Å². The zero-order valence-corrected chi connectivity index (χ0v) is 20.3. The van der Waals surface area contributed by atoms with E-state index in [2.05, 4.69) is 10.6 Å². The second-order valence-electron chi connectivity index (χ2n) is 9.24. The number of para-hydroxylation sites is 1. The molecule has 35 heavy (non-hydrogen) atoms. The molecular formula is C26H33N3O6. The highest BCUT2D eigenvalue weighted by Gasteiger charge is 2.46. The van der Waals surface area contributed by atoms with Gasteiger partial charge in [-0.15, -0.1) is 0 Å². The van der Waals surface area contributed by atoms with E-state index >= 15 is 0 Å². The van der Waals surface area contributed by atoms with Gasteiger partial charge < -0.3 is 34.9 Å². The topological polar surface area (TPSA) is 109 Å². The first-order valence-electron chi connectivity index (χ1n) is 11.8. The van der Waals surface area contributed by atoms with Crippen molar-refractivity contribution in [1.29, 1.82) is 0 Å². The van der Waals surface area contributed by atoms with Gasteiger partial charge >= 0.3 is 0 Å². The van der Waals surface area contributed by atoms with Gasteiger partial charge in [-0.2, -0.15) is 0 Å². The molecule has 9 heteroatoms. The van der Waals surface area contributed by atoms with Crippen LogP contribution in [-0.2, 0) is 20.9 Å². The number of rotatable bonds is 9. The number of benzene rings is 2. The third kappa shape index (κ3) is 5.93. The summed E-state index contributed by atoms with van der Waals surface area (Å²) in [7, 11) is 5.28. The van der Waals surface area contributed by atoms with Gasteiger partial charge in [-0.3, -0.25) is 9.59 Å². The van der Waals surface area contributed by atoms with Crippen LogP contribution in [0, 0.1) is 0 Å². The molecular weight excluding hydrogens is 450 g/mol. The van der Waals surface area contributed by atoms with Gasteiger partial charge in [0.25, 0.3) is 0 Å². The van der Waals surface area contributed by atoms with Crippen LogP contribution in [0.3, 0.4) is 0 Å². The maximum Gasteiger partial charge on any atom is 0.238 e. The van der Waals surface area contributed by atoms with Crippen LogP contribution in [-0.4, -0.2) is 74.5 Å². The van der Waals surface area contributed by atoms with E-state index in [0.717, 1.165) is 16.9 Å². The van der Waals surface area contributed by atoms with Crippen LogP contribution in [0.4, 0.5) is 5.69 Å². The Labute approximate surface area is 205 Å². The molecule has 3 N–H and O–H groups in total. The largest absolute Gasteiger partial charge is 0.496 e. The summed E-state index contributed by atoms with van der Waals surface area (Å²) in [6, 6.07) is 13.1. The first kappa shape index (κ1) is 25.0. The first-order chi connectivity index (χ1) is 16.9. The Hall–Kier alpha value is -3.14. The molecule has 2 aromatic rings. The van der Waals surface area contributed by atoms with Crippen molar-refractivity contribution < 1.29 is 28.9 Å². The molecule has 0 unspecified atom stereocenters. The lowest BCUT2D eigenvalue weighted by atomic mass is 9.84. The van der Waals surface area contributed by atoms with Crippen LogP contribution in [0.15, 0.2) is 42.5 Å². The number of aliphatic hydroxyl groups is 1. The molecule has 188 valence electrons. The van der Waals surface area contributed by atoms with Crippen LogP contribution in [0.1, 0.15) is 29.9 Å². The standard InChI is InChI=1S/C26H33N3O6/c1-29(2)14-25(32)28-17-8-9-22-19(10-17)20-11-18(34-23(15-30)26(20)35-22)12-24(31)27-13-16-6-4-5-7-21(16)33-3/h4-10,18,20,23,26,30H,11-15H2,1-3H3,(H,27,31)(H,28,32)/t18-,20+,23+,26-/m0/s1. The fourth-order valence-corrected chi connectivity index (χ4v) is 4.78. The van der Waals surface area contributed by atoms with Crippen LogP contribution in [0.25, 0.3) is 0 Å². The smallest absolute Gasteiger partial charge is 0.238 e. The minimum absolute atomic E-state index is 0.0476. The zero-order chi connectivity index (χ0) is 24.9. The van der Waals surface area contributed by atoms with Gasteiger partial charge in [-0.1, -0.05) is 18.2 Å². The number of nitrogens with zero attached hydrogens (tertiary/aromatic N) is 1. The average molecular weight is 484 g/mol. The van der Waals surface area contributed by atoms with Crippen LogP contribution in [0.2, 0.25) is 0 Å². The van der Waals surface area contributed by atoms with Crippen molar-refractivity contribution in [3.63, 3.8) is 0 Å². The van der Waals surface area contributed by atoms with Gasteiger partial charge in [0, 0.05) is 29.3 Å². The van der Waals surface area contributed by atoms with Gasteiger partial charge in [0.05, 0.1) is 32.8 Å². The van der Waals surface area contributed by atoms with Gasteiger partial charge in [-0.25, -0.2) is 0 Å². The lowest BCUT2D eigenvalue weighted by Gasteiger charge is -2.37. The third-order valence-corrected chi connectivity index (χ3v) is 6.32. The first-order valence-corrected chi connectivity index (χ1v) is 11.8. The Balaban J connectivity index is 1.41. The zero-order valence-electron chi connectivity index (χ0n) is 20.3. The molecule has 0 bridgehead atoms. The Morgan fingerprint density at radius 2 is 1.97 bits per heavy atom.